The average molecular weight is 188 g/mol. The molecular formula is C10H20OS. The van der Waals surface area contributed by atoms with Crippen LogP contribution in [0.25, 0.3) is 0 Å². The minimum absolute atomic E-state index is 0.397. The molecule has 0 spiro atoms. The highest BCUT2D eigenvalue weighted by atomic mass is 32.1. The molecule has 72 valence electrons. The molecule has 1 aliphatic rings. The first-order chi connectivity index (χ1) is 5.83. The van der Waals surface area contributed by atoms with Gasteiger partial charge >= 0.3 is 0 Å². The van der Waals surface area contributed by atoms with Gasteiger partial charge in [-0.1, -0.05) is 25.7 Å². The summed E-state index contributed by atoms with van der Waals surface area (Å²) in [7, 11) is 1.80. The van der Waals surface area contributed by atoms with Crippen LogP contribution in [0.1, 0.15) is 38.5 Å². The summed E-state index contributed by atoms with van der Waals surface area (Å²) < 4.78 is 5.28. The Morgan fingerprint density at radius 3 is 2.17 bits per heavy atom. The van der Waals surface area contributed by atoms with Crippen molar-refractivity contribution in [3.63, 3.8) is 0 Å². The van der Waals surface area contributed by atoms with Crippen LogP contribution in [0.4, 0.5) is 0 Å². The zero-order valence-electron chi connectivity index (χ0n) is 8.01. The van der Waals surface area contributed by atoms with E-state index < -0.39 is 0 Å². The van der Waals surface area contributed by atoms with E-state index in [0.29, 0.717) is 5.41 Å². The van der Waals surface area contributed by atoms with Gasteiger partial charge in [-0.2, -0.15) is 12.6 Å². The summed E-state index contributed by atoms with van der Waals surface area (Å²) in [6.45, 7) is 0.899. The first-order valence-corrected chi connectivity index (χ1v) is 5.56. The Morgan fingerprint density at radius 2 is 1.75 bits per heavy atom. The molecule has 0 atom stereocenters. The highest BCUT2D eigenvalue weighted by Crippen LogP contribution is 2.36. The second-order valence-electron chi connectivity index (χ2n) is 4.01. The van der Waals surface area contributed by atoms with Crippen molar-refractivity contribution in [3.05, 3.63) is 0 Å². The van der Waals surface area contributed by atoms with E-state index in [9.17, 15) is 0 Å². The number of hydrogen-bond donors (Lipinski definition) is 1. The van der Waals surface area contributed by atoms with E-state index in [4.69, 9.17) is 4.74 Å². The summed E-state index contributed by atoms with van der Waals surface area (Å²) in [4.78, 5) is 0. The van der Waals surface area contributed by atoms with Crippen LogP contribution in [0, 0.1) is 5.41 Å². The third-order valence-corrected chi connectivity index (χ3v) is 3.62. The number of ether oxygens (including phenoxy) is 1. The van der Waals surface area contributed by atoms with E-state index in [1.54, 1.807) is 7.11 Å². The molecule has 0 aromatic heterocycles. The van der Waals surface area contributed by atoms with Crippen LogP contribution >= 0.6 is 12.6 Å². The zero-order chi connectivity index (χ0) is 8.86. The number of thiol groups is 1. The maximum atomic E-state index is 5.28. The van der Waals surface area contributed by atoms with Crippen molar-refractivity contribution >= 4 is 12.6 Å². The van der Waals surface area contributed by atoms with Gasteiger partial charge in [0.15, 0.2) is 0 Å². The summed E-state index contributed by atoms with van der Waals surface area (Å²) in [5, 5.41) is 0. The maximum absolute atomic E-state index is 5.28. The summed E-state index contributed by atoms with van der Waals surface area (Å²) in [5.41, 5.74) is 0.397. The molecule has 2 heteroatoms. The summed E-state index contributed by atoms with van der Waals surface area (Å²) >= 11 is 4.45. The van der Waals surface area contributed by atoms with Gasteiger partial charge in [0.25, 0.3) is 0 Å². The smallest absolute Gasteiger partial charge is 0.0526 e. The van der Waals surface area contributed by atoms with E-state index in [-0.39, 0.29) is 0 Å². The topological polar surface area (TPSA) is 9.23 Å². The van der Waals surface area contributed by atoms with Gasteiger partial charge in [-0.15, -0.1) is 0 Å². The molecule has 0 bridgehead atoms. The summed E-state index contributed by atoms with van der Waals surface area (Å²) in [5.74, 6) is 0.987. The van der Waals surface area contributed by atoms with E-state index in [1.807, 2.05) is 0 Å². The molecule has 0 unspecified atom stereocenters. The monoisotopic (exact) mass is 188 g/mol. The molecule has 0 amide bonds. The van der Waals surface area contributed by atoms with Crippen molar-refractivity contribution < 1.29 is 4.74 Å². The number of rotatable bonds is 3. The summed E-state index contributed by atoms with van der Waals surface area (Å²) in [6.07, 6.45) is 8.15. The van der Waals surface area contributed by atoms with Gasteiger partial charge in [-0.25, -0.2) is 0 Å². The third kappa shape index (κ3) is 2.67. The lowest BCUT2D eigenvalue weighted by molar-refractivity contribution is 0.0841. The third-order valence-electron chi connectivity index (χ3n) is 2.95. The van der Waals surface area contributed by atoms with Crippen molar-refractivity contribution in [2.24, 2.45) is 5.41 Å². The maximum Gasteiger partial charge on any atom is 0.0526 e. The molecule has 1 aliphatic carbocycles. The van der Waals surface area contributed by atoms with Gasteiger partial charge in [-0.05, 0) is 18.6 Å². The molecule has 0 N–H and O–H groups in total. The van der Waals surface area contributed by atoms with Crippen molar-refractivity contribution in [2.75, 3.05) is 19.5 Å². The Hall–Kier alpha value is 0.310. The quantitative estimate of drug-likeness (QED) is 0.529. The van der Waals surface area contributed by atoms with Crippen LogP contribution in [0.15, 0.2) is 0 Å². The van der Waals surface area contributed by atoms with Crippen molar-refractivity contribution in [3.8, 4) is 0 Å². The van der Waals surface area contributed by atoms with Gasteiger partial charge < -0.3 is 4.74 Å². The highest BCUT2D eigenvalue weighted by molar-refractivity contribution is 7.80. The van der Waals surface area contributed by atoms with Gasteiger partial charge in [0.1, 0.15) is 0 Å². The Morgan fingerprint density at radius 1 is 1.17 bits per heavy atom. The average Bonchev–Trinajstić information content (AvgIpc) is 2.32. The second-order valence-corrected chi connectivity index (χ2v) is 4.32. The lowest BCUT2D eigenvalue weighted by atomic mass is 9.83. The molecule has 0 aromatic rings. The van der Waals surface area contributed by atoms with E-state index >= 15 is 0 Å². The SMILES string of the molecule is COCC1(CS)CCCCCC1. The second kappa shape index (κ2) is 5.13. The van der Waals surface area contributed by atoms with Gasteiger partial charge in [-0.3, -0.25) is 0 Å². The predicted molar refractivity (Wildman–Crippen MR) is 55.9 cm³/mol. The van der Waals surface area contributed by atoms with Crippen LogP contribution in [0.2, 0.25) is 0 Å². The van der Waals surface area contributed by atoms with Crippen LogP contribution in [0.5, 0.6) is 0 Å². The van der Waals surface area contributed by atoms with Crippen molar-refractivity contribution in [1.82, 2.24) is 0 Å². The van der Waals surface area contributed by atoms with Crippen LogP contribution in [-0.4, -0.2) is 19.5 Å². The zero-order valence-corrected chi connectivity index (χ0v) is 8.91. The van der Waals surface area contributed by atoms with Crippen molar-refractivity contribution in [2.45, 2.75) is 38.5 Å². The number of hydrogen-bond acceptors (Lipinski definition) is 2. The van der Waals surface area contributed by atoms with Gasteiger partial charge in [0.2, 0.25) is 0 Å². The Labute approximate surface area is 81.3 Å². The molecule has 0 heterocycles. The molecule has 1 rings (SSSR count). The van der Waals surface area contributed by atoms with Gasteiger partial charge in [0, 0.05) is 12.5 Å². The fourth-order valence-corrected chi connectivity index (χ4v) is 2.54. The molecule has 0 saturated heterocycles. The number of methoxy groups -OCH3 is 1. The minimum atomic E-state index is 0.397. The highest BCUT2D eigenvalue weighted by Gasteiger charge is 2.29. The summed E-state index contributed by atoms with van der Waals surface area (Å²) in [6, 6.07) is 0. The molecule has 0 aliphatic heterocycles. The molecule has 1 fully saturated rings. The van der Waals surface area contributed by atoms with E-state index in [2.05, 4.69) is 12.6 Å². The molecule has 0 radical (unpaired) electrons. The molecular weight excluding hydrogens is 168 g/mol. The van der Waals surface area contributed by atoms with Crippen LogP contribution < -0.4 is 0 Å². The lowest BCUT2D eigenvalue weighted by Gasteiger charge is -2.29. The molecule has 1 nitrogen and oxygen atoms in total. The standard InChI is InChI=1S/C10H20OS/c1-11-8-10(9-12)6-4-2-3-5-7-10/h12H,2-9H2,1H3. The normalized spacial score (nSPS) is 23.5. The Bertz CT molecular complexity index is 117. The van der Waals surface area contributed by atoms with Crippen molar-refractivity contribution in [1.29, 1.82) is 0 Å². The molecule has 1 saturated carbocycles. The fraction of sp³-hybridized carbons (Fsp3) is 1.00. The fourth-order valence-electron chi connectivity index (χ4n) is 2.13. The molecule has 12 heavy (non-hydrogen) atoms. The Kier molecular flexibility index (Phi) is 4.44. The van der Waals surface area contributed by atoms with Gasteiger partial charge in [0.05, 0.1) is 6.61 Å². The van der Waals surface area contributed by atoms with E-state index in [1.165, 1.54) is 38.5 Å². The predicted octanol–water partition coefficient (Wildman–Crippen LogP) is 2.90. The molecule has 0 aromatic carbocycles. The lowest BCUT2D eigenvalue weighted by Crippen LogP contribution is -2.27. The van der Waals surface area contributed by atoms with Crippen LogP contribution in [-0.2, 0) is 4.74 Å². The largest absolute Gasteiger partial charge is 0.384 e. The minimum Gasteiger partial charge on any atom is -0.384 e. The van der Waals surface area contributed by atoms with E-state index in [0.717, 1.165) is 12.4 Å². The first kappa shape index (κ1) is 10.4. The first-order valence-electron chi connectivity index (χ1n) is 4.93. The Balaban J connectivity index is 2.48. The van der Waals surface area contributed by atoms with Crippen LogP contribution in [0.3, 0.4) is 0 Å².